The van der Waals surface area contributed by atoms with Crippen molar-refractivity contribution in [2.75, 3.05) is 31.6 Å². The van der Waals surface area contributed by atoms with Gasteiger partial charge in [-0.15, -0.1) is 0 Å². The fourth-order valence-electron chi connectivity index (χ4n) is 5.34. The highest BCUT2D eigenvalue weighted by molar-refractivity contribution is 6.23. The topological polar surface area (TPSA) is 125 Å². The van der Waals surface area contributed by atoms with Crippen molar-refractivity contribution in [3.05, 3.63) is 59.2 Å². The second kappa shape index (κ2) is 10.6. The third-order valence-corrected chi connectivity index (χ3v) is 7.49. The lowest BCUT2D eigenvalue weighted by Crippen LogP contribution is -2.54. The summed E-state index contributed by atoms with van der Waals surface area (Å²) in [7, 11) is 1.60. The molecule has 0 radical (unpaired) electrons. The Bertz CT molecular complexity index is 1300. The lowest BCUT2D eigenvalue weighted by atomic mass is 9.96. The standard InChI is InChI=1S/C28H30N4O6/c1-38-20-4-2-3-18(13-20)14-25(34)29-16-17-9-11-31(12-10-17)19-5-6-21-22(15-19)28(37)32(27(21)36)23-7-8-24(33)30-26(23)35/h2-6,13,15,17,23H,7-12,14,16H2,1H3,(H,29,34)(H,30,33,35). The van der Waals surface area contributed by atoms with Gasteiger partial charge in [0.2, 0.25) is 17.7 Å². The summed E-state index contributed by atoms with van der Waals surface area (Å²) in [5.41, 5.74) is 2.30. The summed E-state index contributed by atoms with van der Waals surface area (Å²) >= 11 is 0. The van der Waals surface area contributed by atoms with E-state index in [1.165, 1.54) is 0 Å². The lowest BCUT2D eigenvalue weighted by Gasteiger charge is -2.34. The second-order valence-corrected chi connectivity index (χ2v) is 9.94. The number of nitrogens with zero attached hydrogens (tertiary/aromatic N) is 2. The SMILES string of the molecule is COc1cccc(CC(=O)NCC2CCN(c3ccc4c(c3)C(=O)N(C3CCC(=O)NC3=O)C4=O)CC2)c1. The Kier molecular flexibility index (Phi) is 7.13. The van der Waals surface area contributed by atoms with E-state index in [9.17, 15) is 24.0 Å². The number of carbonyl (C=O) groups excluding carboxylic acids is 5. The molecule has 1 atom stereocenters. The molecule has 1 unspecified atom stereocenters. The first-order valence-electron chi connectivity index (χ1n) is 12.8. The van der Waals surface area contributed by atoms with E-state index in [0.717, 1.165) is 47.8 Å². The van der Waals surface area contributed by atoms with E-state index in [-0.39, 0.29) is 29.9 Å². The van der Waals surface area contributed by atoms with Gasteiger partial charge in [0.05, 0.1) is 24.7 Å². The first-order chi connectivity index (χ1) is 18.3. The van der Waals surface area contributed by atoms with E-state index in [0.29, 0.717) is 18.9 Å². The van der Waals surface area contributed by atoms with E-state index in [4.69, 9.17) is 4.74 Å². The number of carbonyl (C=O) groups is 5. The molecule has 0 saturated carbocycles. The van der Waals surface area contributed by atoms with Crippen molar-refractivity contribution in [2.24, 2.45) is 5.92 Å². The molecule has 2 N–H and O–H groups in total. The van der Waals surface area contributed by atoms with Crippen molar-refractivity contribution in [1.29, 1.82) is 0 Å². The molecule has 38 heavy (non-hydrogen) atoms. The Morgan fingerprint density at radius 3 is 2.50 bits per heavy atom. The maximum Gasteiger partial charge on any atom is 0.262 e. The van der Waals surface area contributed by atoms with Gasteiger partial charge in [0.1, 0.15) is 11.8 Å². The maximum atomic E-state index is 13.1. The van der Waals surface area contributed by atoms with Crippen LogP contribution in [0.15, 0.2) is 42.5 Å². The van der Waals surface area contributed by atoms with Crippen molar-refractivity contribution in [2.45, 2.75) is 38.1 Å². The zero-order valence-electron chi connectivity index (χ0n) is 21.2. The molecule has 2 fully saturated rings. The van der Waals surface area contributed by atoms with Crippen LogP contribution in [0, 0.1) is 5.92 Å². The number of piperidine rings is 2. The monoisotopic (exact) mass is 518 g/mol. The summed E-state index contributed by atoms with van der Waals surface area (Å²) in [6, 6.07) is 11.7. The number of hydrogen-bond acceptors (Lipinski definition) is 7. The van der Waals surface area contributed by atoms with Gasteiger partial charge in [-0.25, -0.2) is 0 Å². The molecular weight excluding hydrogens is 488 g/mol. The van der Waals surface area contributed by atoms with Gasteiger partial charge in [-0.05, 0) is 61.1 Å². The zero-order valence-corrected chi connectivity index (χ0v) is 21.2. The first-order valence-corrected chi connectivity index (χ1v) is 12.8. The van der Waals surface area contributed by atoms with Gasteiger partial charge in [0.15, 0.2) is 0 Å². The Balaban J connectivity index is 1.15. The van der Waals surface area contributed by atoms with Gasteiger partial charge in [-0.2, -0.15) is 0 Å². The Hall–Kier alpha value is -4.21. The van der Waals surface area contributed by atoms with E-state index in [1.54, 1.807) is 19.2 Å². The minimum atomic E-state index is -0.974. The van der Waals surface area contributed by atoms with Gasteiger partial charge in [-0.1, -0.05) is 12.1 Å². The van der Waals surface area contributed by atoms with Crippen LogP contribution in [0.2, 0.25) is 0 Å². The summed E-state index contributed by atoms with van der Waals surface area (Å²) in [6.45, 7) is 2.12. The summed E-state index contributed by atoms with van der Waals surface area (Å²) in [6.07, 6.45) is 2.28. The van der Waals surface area contributed by atoms with Crippen molar-refractivity contribution >= 4 is 35.2 Å². The summed E-state index contributed by atoms with van der Waals surface area (Å²) in [5, 5.41) is 5.25. The molecule has 3 aliphatic rings. The van der Waals surface area contributed by atoms with Gasteiger partial charge in [-0.3, -0.25) is 34.2 Å². The molecule has 5 rings (SSSR count). The number of fused-ring (bicyclic) bond motifs is 1. The first kappa shape index (κ1) is 25.4. The van der Waals surface area contributed by atoms with Crippen molar-refractivity contribution in [1.82, 2.24) is 15.5 Å². The molecule has 2 saturated heterocycles. The molecule has 3 aliphatic heterocycles. The molecule has 0 spiro atoms. The Morgan fingerprint density at radius 2 is 1.76 bits per heavy atom. The van der Waals surface area contributed by atoms with Crippen molar-refractivity contribution < 1.29 is 28.7 Å². The highest BCUT2D eigenvalue weighted by Gasteiger charge is 2.44. The lowest BCUT2D eigenvalue weighted by molar-refractivity contribution is -0.136. The fourth-order valence-corrected chi connectivity index (χ4v) is 5.34. The van der Waals surface area contributed by atoms with Crippen molar-refractivity contribution in [3.8, 4) is 5.75 Å². The Morgan fingerprint density at radius 1 is 1.00 bits per heavy atom. The summed E-state index contributed by atoms with van der Waals surface area (Å²) in [5.74, 6) is -0.976. The molecule has 3 heterocycles. The molecule has 2 aromatic carbocycles. The summed E-state index contributed by atoms with van der Waals surface area (Å²) in [4.78, 5) is 65.4. The van der Waals surface area contributed by atoms with Crippen LogP contribution in [-0.4, -0.2) is 67.2 Å². The van der Waals surface area contributed by atoms with Crippen LogP contribution in [0.3, 0.4) is 0 Å². The number of methoxy groups -OCH3 is 1. The van der Waals surface area contributed by atoms with E-state index in [2.05, 4.69) is 15.5 Å². The molecule has 5 amide bonds. The van der Waals surface area contributed by atoms with Gasteiger partial charge < -0.3 is 15.0 Å². The van der Waals surface area contributed by atoms with E-state index < -0.39 is 29.7 Å². The number of hydrogen-bond donors (Lipinski definition) is 2. The van der Waals surface area contributed by atoms with Crippen LogP contribution >= 0.6 is 0 Å². The average molecular weight is 519 g/mol. The molecule has 10 heteroatoms. The van der Waals surface area contributed by atoms with Crippen LogP contribution in [0.4, 0.5) is 5.69 Å². The number of amides is 5. The number of imide groups is 2. The smallest absolute Gasteiger partial charge is 0.262 e. The van der Waals surface area contributed by atoms with E-state index >= 15 is 0 Å². The van der Waals surface area contributed by atoms with E-state index in [1.807, 2.05) is 30.3 Å². The molecule has 0 bridgehead atoms. The molecule has 0 aliphatic carbocycles. The number of nitrogens with one attached hydrogen (secondary N) is 2. The molecule has 2 aromatic rings. The van der Waals surface area contributed by atoms with Gasteiger partial charge in [0, 0.05) is 31.7 Å². The minimum absolute atomic E-state index is 0.0250. The summed E-state index contributed by atoms with van der Waals surface area (Å²) < 4.78 is 5.21. The molecular formula is C28H30N4O6. The predicted molar refractivity (Wildman–Crippen MR) is 138 cm³/mol. The highest BCUT2D eigenvalue weighted by Crippen LogP contribution is 2.32. The third-order valence-electron chi connectivity index (χ3n) is 7.49. The third kappa shape index (κ3) is 5.11. The van der Waals surface area contributed by atoms with Crippen LogP contribution in [0.1, 0.15) is 52.0 Å². The molecule has 10 nitrogen and oxygen atoms in total. The zero-order chi connectivity index (χ0) is 26.8. The normalized spacial score (nSPS) is 19.9. The number of ether oxygens (including phenoxy) is 1. The van der Waals surface area contributed by atoms with Crippen LogP contribution < -0.4 is 20.3 Å². The maximum absolute atomic E-state index is 13.1. The Labute approximate surface area is 220 Å². The van der Waals surface area contributed by atoms with Gasteiger partial charge >= 0.3 is 0 Å². The average Bonchev–Trinajstić information content (AvgIpc) is 3.17. The van der Waals surface area contributed by atoms with Crippen molar-refractivity contribution in [3.63, 3.8) is 0 Å². The highest BCUT2D eigenvalue weighted by atomic mass is 16.5. The largest absolute Gasteiger partial charge is 0.497 e. The number of benzene rings is 2. The van der Waals surface area contributed by atoms with Crippen LogP contribution in [0.5, 0.6) is 5.75 Å². The minimum Gasteiger partial charge on any atom is -0.497 e. The molecule has 0 aromatic heterocycles. The predicted octanol–water partition coefficient (Wildman–Crippen LogP) is 1.67. The molecule has 198 valence electrons. The fraction of sp³-hybridized carbons (Fsp3) is 0.393. The second-order valence-electron chi connectivity index (χ2n) is 9.94. The van der Waals surface area contributed by atoms with Crippen LogP contribution in [0.25, 0.3) is 0 Å². The number of rotatable bonds is 7. The quantitative estimate of drug-likeness (QED) is 0.534. The van der Waals surface area contributed by atoms with Crippen LogP contribution in [-0.2, 0) is 20.8 Å². The number of anilines is 1. The van der Waals surface area contributed by atoms with Gasteiger partial charge in [0.25, 0.3) is 11.8 Å².